The number of halogens is 2. The van der Waals surface area contributed by atoms with E-state index in [9.17, 15) is 22.0 Å². The highest BCUT2D eigenvalue weighted by molar-refractivity contribution is 7.91. The molecule has 1 aliphatic heterocycles. The zero-order chi connectivity index (χ0) is 22.2. The molecule has 0 fully saturated rings. The molecule has 3 aromatic rings. The molecule has 31 heavy (non-hydrogen) atoms. The molecule has 0 spiro atoms. The lowest BCUT2D eigenvalue weighted by molar-refractivity contribution is -0.125. The van der Waals surface area contributed by atoms with Crippen LogP contribution in [0, 0.1) is 11.6 Å². The lowest BCUT2D eigenvalue weighted by Gasteiger charge is -2.35. The number of rotatable bonds is 5. The predicted octanol–water partition coefficient (Wildman–Crippen LogP) is 4.02. The van der Waals surface area contributed by atoms with Crippen molar-refractivity contribution in [1.82, 2.24) is 9.62 Å². The van der Waals surface area contributed by atoms with E-state index in [2.05, 4.69) is 5.32 Å². The van der Waals surface area contributed by atoms with Crippen LogP contribution in [0.5, 0.6) is 0 Å². The van der Waals surface area contributed by atoms with E-state index in [1.165, 1.54) is 16.4 Å². The Morgan fingerprint density at radius 3 is 2.55 bits per heavy atom. The van der Waals surface area contributed by atoms with Crippen LogP contribution in [0.4, 0.5) is 8.78 Å². The third-order valence-corrected chi connectivity index (χ3v) is 8.58. The van der Waals surface area contributed by atoms with Crippen molar-refractivity contribution >= 4 is 27.3 Å². The summed E-state index contributed by atoms with van der Waals surface area (Å²) in [5.41, 5.74) is 1.85. The number of amides is 1. The van der Waals surface area contributed by atoms with Gasteiger partial charge in [-0.3, -0.25) is 4.79 Å². The highest BCUT2D eigenvalue weighted by Gasteiger charge is 2.40. The van der Waals surface area contributed by atoms with E-state index in [0.29, 0.717) is 0 Å². The summed E-state index contributed by atoms with van der Waals surface area (Å²) in [5, 5.41) is 4.37. The molecule has 2 heterocycles. The second-order valence-electron chi connectivity index (χ2n) is 7.37. The van der Waals surface area contributed by atoms with E-state index in [1.807, 2.05) is 24.3 Å². The first-order valence-electron chi connectivity index (χ1n) is 9.65. The van der Waals surface area contributed by atoms with Crippen molar-refractivity contribution in [2.75, 3.05) is 0 Å². The summed E-state index contributed by atoms with van der Waals surface area (Å²) in [7, 11) is -3.90. The molecule has 1 aliphatic rings. The third-order valence-electron chi connectivity index (χ3n) is 5.35. The number of thiophene rings is 1. The van der Waals surface area contributed by atoms with E-state index >= 15 is 0 Å². The molecule has 0 radical (unpaired) electrons. The lowest BCUT2D eigenvalue weighted by Crippen LogP contribution is -2.52. The van der Waals surface area contributed by atoms with Crippen molar-refractivity contribution in [2.24, 2.45) is 0 Å². The Kier molecular flexibility index (Phi) is 5.92. The molecule has 9 heteroatoms. The molecule has 0 aliphatic carbocycles. The smallest absolute Gasteiger partial charge is 0.253 e. The molecule has 0 bridgehead atoms. The van der Waals surface area contributed by atoms with Gasteiger partial charge in [0.2, 0.25) is 5.91 Å². The van der Waals surface area contributed by atoms with Gasteiger partial charge in [-0.25, -0.2) is 17.2 Å². The van der Waals surface area contributed by atoms with Gasteiger partial charge in [0.15, 0.2) is 0 Å². The maximum atomic E-state index is 14.1. The zero-order valence-corrected chi connectivity index (χ0v) is 18.2. The summed E-state index contributed by atoms with van der Waals surface area (Å²) in [6, 6.07) is 11.9. The van der Waals surface area contributed by atoms with E-state index < -0.39 is 39.6 Å². The van der Waals surface area contributed by atoms with Crippen molar-refractivity contribution < 1.29 is 22.0 Å². The second kappa shape index (κ2) is 8.49. The highest BCUT2D eigenvalue weighted by Crippen LogP contribution is 2.31. The highest BCUT2D eigenvalue weighted by atomic mass is 32.2. The minimum Gasteiger partial charge on any atom is -0.348 e. The first-order valence-corrected chi connectivity index (χ1v) is 12.0. The fourth-order valence-electron chi connectivity index (χ4n) is 3.74. The van der Waals surface area contributed by atoms with Gasteiger partial charge in [0.25, 0.3) is 10.0 Å². The molecule has 1 amide bonds. The average molecular weight is 463 g/mol. The topological polar surface area (TPSA) is 66.5 Å². The molecule has 2 aromatic carbocycles. The van der Waals surface area contributed by atoms with Gasteiger partial charge in [-0.1, -0.05) is 36.4 Å². The van der Waals surface area contributed by atoms with Crippen molar-refractivity contribution in [3.8, 4) is 0 Å². The van der Waals surface area contributed by atoms with Gasteiger partial charge in [0, 0.05) is 18.2 Å². The molecule has 5 nitrogen and oxygen atoms in total. The quantitative estimate of drug-likeness (QED) is 0.623. The molecule has 1 N–H and O–H groups in total. The first-order chi connectivity index (χ1) is 14.8. The number of fused-ring (bicyclic) bond motifs is 1. The zero-order valence-electron chi connectivity index (χ0n) is 16.6. The number of sulfonamides is 1. The van der Waals surface area contributed by atoms with Crippen molar-refractivity contribution in [3.05, 3.63) is 88.3 Å². The number of hydrogen-bond donors (Lipinski definition) is 1. The Bertz CT molecular complexity index is 1210. The third kappa shape index (κ3) is 4.26. The number of nitrogens with zero attached hydrogens (tertiary/aromatic N) is 1. The van der Waals surface area contributed by atoms with Crippen LogP contribution >= 0.6 is 11.3 Å². The minimum absolute atomic E-state index is 0.0633. The summed E-state index contributed by atoms with van der Waals surface area (Å²) in [4.78, 5) is 13.2. The number of hydrogen-bond acceptors (Lipinski definition) is 4. The normalized spacial score (nSPS) is 17.7. The fourth-order valence-corrected chi connectivity index (χ4v) is 6.43. The summed E-state index contributed by atoms with van der Waals surface area (Å²) in [6.45, 7) is 1.64. The van der Waals surface area contributed by atoms with Crippen LogP contribution in [0.3, 0.4) is 0 Å². The average Bonchev–Trinajstić information content (AvgIpc) is 3.28. The van der Waals surface area contributed by atoms with Crippen LogP contribution in [0.2, 0.25) is 0 Å². The predicted molar refractivity (Wildman–Crippen MR) is 114 cm³/mol. The molecular weight excluding hydrogens is 442 g/mol. The van der Waals surface area contributed by atoms with Crippen LogP contribution in [-0.4, -0.2) is 24.7 Å². The van der Waals surface area contributed by atoms with Gasteiger partial charge in [-0.05, 0) is 42.0 Å². The Balaban J connectivity index is 1.65. The van der Waals surface area contributed by atoms with Gasteiger partial charge in [-0.15, -0.1) is 11.3 Å². The Hall–Kier alpha value is -2.62. The largest absolute Gasteiger partial charge is 0.348 e. The molecule has 162 valence electrons. The van der Waals surface area contributed by atoms with Crippen LogP contribution in [-0.2, 0) is 27.8 Å². The van der Waals surface area contributed by atoms with Crippen LogP contribution in [0.1, 0.15) is 29.7 Å². The summed E-state index contributed by atoms with van der Waals surface area (Å²) >= 11 is 1.09. The van der Waals surface area contributed by atoms with Crippen LogP contribution in [0.15, 0.2) is 64.2 Å². The molecule has 4 rings (SSSR count). The lowest BCUT2D eigenvalue weighted by atomic mass is 9.95. The Morgan fingerprint density at radius 1 is 1.13 bits per heavy atom. The number of carbonyl (C=O) groups excluding carboxylic acids is 1. The van der Waals surface area contributed by atoms with Crippen molar-refractivity contribution in [1.29, 1.82) is 0 Å². The molecule has 0 saturated heterocycles. The van der Waals surface area contributed by atoms with Crippen molar-refractivity contribution in [3.63, 3.8) is 0 Å². The van der Waals surface area contributed by atoms with Crippen LogP contribution < -0.4 is 5.32 Å². The van der Waals surface area contributed by atoms with Gasteiger partial charge in [0.1, 0.15) is 21.9 Å². The molecule has 2 atom stereocenters. The Morgan fingerprint density at radius 2 is 1.87 bits per heavy atom. The van der Waals surface area contributed by atoms with Gasteiger partial charge < -0.3 is 5.32 Å². The van der Waals surface area contributed by atoms with Gasteiger partial charge in [-0.2, -0.15) is 4.31 Å². The van der Waals surface area contributed by atoms with E-state index in [1.54, 1.807) is 18.4 Å². The van der Waals surface area contributed by atoms with Gasteiger partial charge in [0.05, 0.1) is 6.04 Å². The number of carbonyl (C=O) groups is 1. The maximum Gasteiger partial charge on any atom is 0.253 e. The standard InChI is InChI=1S/C22H20F2N2O3S2/c1-14(18-9-8-17(23)12-19(18)24)25-22(27)20-11-15-5-2-3-6-16(15)13-26(20)31(28,29)21-7-4-10-30-21/h2-10,12,14,20H,11,13H2,1H3,(H,25,27)/t14?,20-/m0/s1. The second-order valence-corrected chi connectivity index (χ2v) is 10.4. The maximum absolute atomic E-state index is 14.1. The number of nitrogens with one attached hydrogen (secondary N) is 1. The summed E-state index contributed by atoms with van der Waals surface area (Å²) in [6.07, 6.45) is 0.200. The summed E-state index contributed by atoms with van der Waals surface area (Å²) < 4.78 is 55.3. The van der Waals surface area contributed by atoms with E-state index in [4.69, 9.17) is 0 Å². The van der Waals surface area contributed by atoms with Crippen molar-refractivity contribution in [2.45, 2.75) is 36.2 Å². The first kappa shape index (κ1) is 21.6. The molecule has 0 saturated carbocycles. The molecule has 1 aromatic heterocycles. The van der Waals surface area contributed by atoms with E-state index in [-0.39, 0.29) is 22.7 Å². The SMILES string of the molecule is CC(NC(=O)[C@@H]1Cc2ccccc2CN1S(=O)(=O)c1cccs1)c1ccc(F)cc1F. The van der Waals surface area contributed by atoms with Gasteiger partial charge >= 0.3 is 0 Å². The summed E-state index contributed by atoms with van der Waals surface area (Å²) in [5.74, 6) is -2.02. The van der Waals surface area contributed by atoms with Crippen LogP contribution in [0.25, 0.3) is 0 Å². The van der Waals surface area contributed by atoms with E-state index in [0.717, 1.165) is 34.6 Å². The Labute approximate surface area is 183 Å². The monoisotopic (exact) mass is 462 g/mol. The molecular formula is C22H20F2N2O3S2. The number of benzene rings is 2. The molecule has 1 unspecified atom stereocenters. The fraction of sp³-hybridized carbons (Fsp3) is 0.227. The minimum atomic E-state index is -3.90.